The first kappa shape index (κ1) is 32.0. The molecule has 0 amide bonds. The molecular weight excluding hydrogens is 545 g/mol. The lowest BCUT2D eigenvalue weighted by atomic mass is 9.88. The fourth-order valence-corrected chi connectivity index (χ4v) is 2.70. The van der Waals surface area contributed by atoms with E-state index in [4.69, 9.17) is 4.74 Å². The van der Waals surface area contributed by atoms with E-state index in [0.29, 0.717) is 13.5 Å². The molecular formula is C19H17F15O2. The Balaban J connectivity index is 3.39. The van der Waals surface area contributed by atoms with Crippen molar-refractivity contribution in [2.24, 2.45) is 0 Å². The number of hydrogen-bond donors (Lipinski definition) is 0. The Hall–Kier alpha value is -2.07. The highest BCUT2D eigenvalue weighted by Crippen LogP contribution is 2.63. The Morgan fingerprint density at radius 1 is 0.639 bits per heavy atom. The van der Waals surface area contributed by atoms with Gasteiger partial charge in [0.25, 0.3) is 0 Å². The number of ether oxygens (including phenoxy) is 2. The minimum Gasteiger partial charge on any atom is -0.494 e. The first-order chi connectivity index (χ1) is 16.0. The van der Waals surface area contributed by atoms with E-state index in [9.17, 15) is 65.9 Å². The largest absolute Gasteiger partial charge is 0.494 e. The molecule has 0 N–H and O–H groups in total. The van der Waals surface area contributed by atoms with Gasteiger partial charge in [-0.1, -0.05) is 19.1 Å². The van der Waals surface area contributed by atoms with Gasteiger partial charge in [0.05, 0.1) is 12.7 Å². The van der Waals surface area contributed by atoms with E-state index in [1.807, 2.05) is 0 Å². The monoisotopic (exact) mass is 562 g/mol. The molecule has 0 aliphatic carbocycles. The minimum absolute atomic E-state index is 0.131. The number of rotatable bonds is 12. The fourth-order valence-electron chi connectivity index (χ4n) is 2.70. The predicted molar refractivity (Wildman–Crippen MR) is 92.3 cm³/mol. The fraction of sp³-hybridized carbons (Fsp3) is 0.684. The summed E-state index contributed by atoms with van der Waals surface area (Å²) in [6.45, 7) is 1.91. The number of methoxy groups -OCH3 is 1. The van der Waals surface area contributed by atoms with Crippen LogP contribution in [0.15, 0.2) is 24.3 Å². The lowest BCUT2D eigenvalue weighted by Crippen LogP contribution is -2.72. The van der Waals surface area contributed by atoms with Gasteiger partial charge < -0.3 is 9.47 Å². The Kier molecular flexibility index (Phi) is 8.88. The van der Waals surface area contributed by atoms with Crippen molar-refractivity contribution in [3.63, 3.8) is 0 Å². The zero-order valence-corrected chi connectivity index (χ0v) is 18.0. The molecule has 0 saturated carbocycles. The first-order valence-electron chi connectivity index (χ1n) is 9.55. The summed E-state index contributed by atoms with van der Waals surface area (Å²) in [5, 5.41) is 0. The summed E-state index contributed by atoms with van der Waals surface area (Å²) in [5.41, 5.74) is -0.444. The number of halogens is 15. The quantitative estimate of drug-likeness (QED) is 0.241. The maximum absolute atomic E-state index is 14.2. The predicted octanol–water partition coefficient (Wildman–Crippen LogP) is 7.93. The SMILES string of the molecule is CCCOc1ccc(C(CC(F)(F)C(F)(F)C(F)(F)C(F)(F)C(F)(F)C(F)(F)C(F)(F)F)OC)cc1. The van der Waals surface area contributed by atoms with Gasteiger partial charge in [0.2, 0.25) is 0 Å². The summed E-state index contributed by atoms with van der Waals surface area (Å²) in [7, 11) is 0.588. The van der Waals surface area contributed by atoms with Gasteiger partial charge >= 0.3 is 41.7 Å². The Morgan fingerprint density at radius 3 is 1.44 bits per heavy atom. The third-order valence-corrected chi connectivity index (χ3v) is 4.84. The summed E-state index contributed by atoms with van der Waals surface area (Å²) >= 11 is 0. The molecule has 1 rings (SSSR count). The van der Waals surface area contributed by atoms with Crippen LogP contribution in [0.3, 0.4) is 0 Å². The van der Waals surface area contributed by atoms with E-state index < -0.39 is 59.8 Å². The van der Waals surface area contributed by atoms with Gasteiger partial charge in [-0.3, -0.25) is 0 Å². The van der Waals surface area contributed by atoms with E-state index in [0.717, 1.165) is 24.3 Å². The van der Waals surface area contributed by atoms with E-state index in [-0.39, 0.29) is 12.4 Å². The number of alkyl halides is 15. The van der Waals surface area contributed by atoms with Crippen molar-refractivity contribution >= 4 is 0 Å². The number of hydrogen-bond acceptors (Lipinski definition) is 2. The van der Waals surface area contributed by atoms with Crippen molar-refractivity contribution in [1.82, 2.24) is 0 Å². The molecule has 0 saturated heterocycles. The highest BCUT2D eigenvalue weighted by Gasteiger charge is 2.93. The van der Waals surface area contributed by atoms with Crippen molar-refractivity contribution in [2.45, 2.75) is 67.6 Å². The van der Waals surface area contributed by atoms with Gasteiger partial charge in [-0.2, -0.15) is 65.9 Å². The van der Waals surface area contributed by atoms with Gasteiger partial charge in [0.15, 0.2) is 0 Å². The van der Waals surface area contributed by atoms with Crippen LogP contribution in [0.25, 0.3) is 0 Å². The van der Waals surface area contributed by atoms with E-state index in [1.165, 1.54) is 0 Å². The van der Waals surface area contributed by atoms with Crippen LogP contribution in [0, 0.1) is 0 Å². The lowest BCUT2D eigenvalue weighted by molar-refractivity contribution is -0.453. The molecule has 1 aromatic rings. The summed E-state index contributed by atoms with van der Waals surface area (Å²) in [6.07, 6.45) is -12.0. The topological polar surface area (TPSA) is 18.5 Å². The minimum atomic E-state index is -8.31. The molecule has 36 heavy (non-hydrogen) atoms. The van der Waals surface area contributed by atoms with Crippen molar-refractivity contribution in [1.29, 1.82) is 0 Å². The van der Waals surface area contributed by atoms with Crippen LogP contribution in [-0.2, 0) is 4.74 Å². The van der Waals surface area contributed by atoms with Gasteiger partial charge in [-0.05, 0) is 24.1 Å². The summed E-state index contributed by atoms with van der Waals surface area (Å²) in [6, 6.07) is 4.02. The molecule has 2 nitrogen and oxygen atoms in total. The van der Waals surface area contributed by atoms with Crippen molar-refractivity contribution in [2.75, 3.05) is 13.7 Å². The van der Waals surface area contributed by atoms with Gasteiger partial charge in [0.1, 0.15) is 5.75 Å². The third kappa shape index (κ3) is 5.16. The second-order valence-electron chi connectivity index (χ2n) is 7.42. The van der Waals surface area contributed by atoms with Gasteiger partial charge in [-0.15, -0.1) is 0 Å². The molecule has 1 atom stereocenters. The van der Waals surface area contributed by atoms with Crippen molar-refractivity contribution < 1.29 is 75.3 Å². The molecule has 0 aliphatic rings. The highest BCUT2D eigenvalue weighted by molar-refractivity contribution is 5.29. The summed E-state index contributed by atoms with van der Waals surface area (Å²) in [5.74, 6) is -46.5. The van der Waals surface area contributed by atoms with Crippen LogP contribution in [0.4, 0.5) is 65.9 Å². The smallest absolute Gasteiger partial charge is 0.460 e. The average Bonchev–Trinajstić information content (AvgIpc) is 2.75. The van der Waals surface area contributed by atoms with Gasteiger partial charge in [0, 0.05) is 13.5 Å². The molecule has 0 radical (unpaired) electrons. The second-order valence-corrected chi connectivity index (χ2v) is 7.42. The van der Waals surface area contributed by atoms with E-state index in [2.05, 4.69) is 4.74 Å². The molecule has 17 heteroatoms. The van der Waals surface area contributed by atoms with Crippen LogP contribution >= 0.6 is 0 Å². The van der Waals surface area contributed by atoms with Crippen LogP contribution in [0.5, 0.6) is 5.75 Å². The zero-order chi connectivity index (χ0) is 28.6. The molecule has 1 aromatic carbocycles. The molecule has 210 valence electrons. The summed E-state index contributed by atoms with van der Waals surface area (Å²) in [4.78, 5) is 0. The zero-order valence-electron chi connectivity index (χ0n) is 18.0. The van der Waals surface area contributed by atoms with Crippen LogP contribution < -0.4 is 4.74 Å². The molecule has 0 spiro atoms. The lowest BCUT2D eigenvalue weighted by Gasteiger charge is -2.42. The standard InChI is InChI=1S/C19H17F15O2/c1-3-8-36-11-6-4-10(5-7-11)12(35-2)9-13(20,21)14(22,23)15(24,25)16(26,27)17(28,29)18(30,31)19(32,33)34/h4-7,12H,3,8-9H2,1-2H3. The van der Waals surface area contributed by atoms with Crippen molar-refractivity contribution in [3.05, 3.63) is 29.8 Å². The van der Waals surface area contributed by atoms with Crippen LogP contribution in [0.1, 0.15) is 31.4 Å². The van der Waals surface area contributed by atoms with Crippen molar-refractivity contribution in [3.8, 4) is 5.75 Å². The van der Waals surface area contributed by atoms with Crippen LogP contribution in [0.2, 0.25) is 0 Å². The Bertz CT molecular complexity index is 863. The van der Waals surface area contributed by atoms with Crippen LogP contribution in [-0.4, -0.2) is 55.4 Å². The van der Waals surface area contributed by atoms with E-state index >= 15 is 0 Å². The maximum Gasteiger partial charge on any atom is 0.460 e. The second kappa shape index (κ2) is 10.0. The Labute approximate surface area is 193 Å². The highest BCUT2D eigenvalue weighted by atomic mass is 19.4. The molecule has 0 bridgehead atoms. The summed E-state index contributed by atoms with van der Waals surface area (Å²) < 4.78 is 209. The average molecular weight is 562 g/mol. The van der Waals surface area contributed by atoms with Gasteiger partial charge in [-0.25, -0.2) is 0 Å². The molecule has 1 unspecified atom stereocenters. The molecule has 0 aromatic heterocycles. The molecule has 0 heterocycles. The Morgan fingerprint density at radius 2 is 1.06 bits per heavy atom. The maximum atomic E-state index is 14.2. The molecule has 0 aliphatic heterocycles. The normalized spacial score (nSPS) is 15.7. The first-order valence-corrected chi connectivity index (χ1v) is 9.55. The number of benzene rings is 1. The third-order valence-electron chi connectivity index (χ3n) is 4.84. The molecule has 0 fully saturated rings. The van der Waals surface area contributed by atoms with E-state index in [1.54, 1.807) is 6.92 Å².